The van der Waals surface area contributed by atoms with E-state index in [1.54, 1.807) is 19.2 Å². The van der Waals surface area contributed by atoms with Crippen LogP contribution in [0.15, 0.2) is 41.8 Å². The molecule has 0 saturated carbocycles. The molecule has 7 nitrogen and oxygen atoms in total. The van der Waals surface area contributed by atoms with Gasteiger partial charge in [-0.25, -0.2) is 4.98 Å². The molecule has 1 amide bonds. The largest absolute Gasteiger partial charge is 0.497 e. The number of carbonyl (C=O) groups excluding carboxylic acids is 1. The maximum atomic E-state index is 12.9. The molecule has 0 atom stereocenters. The Balaban J connectivity index is 1.83. The first-order valence-corrected chi connectivity index (χ1v) is 10.9. The highest BCUT2D eigenvalue weighted by Crippen LogP contribution is 2.39. The summed E-state index contributed by atoms with van der Waals surface area (Å²) in [5.41, 5.74) is 2.12. The molecule has 0 aliphatic heterocycles. The van der Waals surface area contributed by atoms with Crippen molar-refractivity contribution in [2.75, 3.05) is 32.2 Å². The highest BCUT2D eigenvalue weighted by atomic mass is 32.1. The lowest BCUT2D eigenvalue weighted by atomic mass is 10.1. The summed E-state index contributed by atoms with van der Waals surface area (Å²) in [4.78, 5) is 17.4. The molecule has 0 unspecified atom stereocenters. The van der Waals surface area contributed by atoms with Crippen LogP contribution in [0.4, 0.5) is 5.13 Å². The van der Waals surface area contributed by atoms with Gasteiger partial charge in [0.25, 0.3) is 5.91 Å². The molecule has 31 heavy (non-hydrogen) atoms. The van der Waals surface area contributed by atoms with Gasteiger partial charge in [0.1, 0.15) is 5.75 Å². The number of methoxy groups -OCH3 is 1. The molecule has 0 radical (unpaired) electrons. The van der Waals surface area contributed by atoms with Gasteiger partial charge in [-0.3, -0.25) is 10.1 Å². The van der Waals surface area contributed by atoms with Crippen molar-refractivity contribution in [3.63, 3.8) is 0 Å². The number of anilines is 1. The third-order valence-corrected chi connectivity index (χ3v) is 5.04. The molecule has 3 aromatic rings. The van der Waals surface area contributed by atoms with E-state index in [9.17, 15) is 4.79 Å². The molecule has 8 heteroatoms. The zero-order chi connectivity index (χ0) is 22.2. The Morgan fingerprint density at radius 2 is 1.58 bits per heavy atom. The van der Waals surface area contributed by atoms with Crippen molar-refractivity contribution in [2.45, 2.75) is 20.8 Å². The lowest BCUT2D eigenvalue weighted by Gasteiger charge is -2.16. The van der Waals surface area contributed by atoms with Crippen LogP contribution < -0.4 is 24.3 Å². The minimum Gasteiger partial charge on any atom is -0.497 e. The summed E-state index contributed by atoms with van der Waals surface area (Å²) in [6.07, 6.45) is 0. The van der Waals surface area contributed by atoms with Gasteiger partial charge >= 0.3 is 0 Å². The number of amides is 1. The molecule has 1 aromatic heterocycles. The van der Waals surface area contributed by atoms with E-state index >= 15 is 0 Å². The average Bonchev–Trinajstić information content (AvgIpc) is 3.24. The monoisotopic (exact) mass is 442 g/mol. The number of carbonyl (C=O) groups is 1. The molecule has 1 N–H and O–H groups in total. The summed E-state index contributed by atoms with van der Waals surface area (Å²) in [5, 5.41) is 5.25. The molecule has 164 valence electrons. The third kappa shape index (κ3) is 5.46. The van der Waals surface area contributed by atoms with Crippen LogP contribution in [0.5, 0.6) is 23.0 Å². The maximum absolute atomic E-state index is 12.9. The number of hydrogen-bond donors (Lipinski definition) is 1. The fraction of sp³-hybridized carbons (Fsp3) is 0.304. The number of nitrogens with one attached hydrogen (secondary N) is 1. The summed E-state index contributed by atoms with van der Waals surface area (Å²) < 4.78 is 22.3. The number of benzene rings is 2. The number of nitrogens with zero attached hydrogens (tertiary/aromatic N) is 1. The first-order chi connectivity index (χ1) is 15.1. The second-order valence-corrected chi connectivity index (χ2v) is 7.18. The van der Waals surface area contributed by atoms with Crippen molar-refractivity contribution in [2.24, 2.45) is 0 Å². The van der Waals surface area contributed by atoms with Gasteiger partial charge in [0, 0.05) is 16.5 Å². The fourth-order valence-corrected chi connectivity index (χ4v) is 3.63. The van der Waals surface area contributed by atoms with Gasteiger partial charge in [0.15, 0.2) is 16.6 Å². The van der Waals surface area contributed by atoms with E-state index in [4.69, 9.17) is 18.9 Å². The zero-order valence-electron chi connectivity index (χ0n) is 18.1. The molecule has 0 saturated heterocycles. The predicted molar refractivity (Wildman–Crippen MR) is 122 cm³/mol. The summed E-state index contributed by atoms with van der Waals surface area (Å²) in [5.74, 6) is 1.91. The van der Waals surface area contributed by atoms with E-state index in [-0.39, 0.29) is 5.91 Å². The number of rotatable bonds is 10. The van der Waals surface area contributed by atoms with E-state index in [1.165, 1.54) is 11.3 Å². The Labute approximate surface area is 185 Å². The van der Waals surface area contributed by atoms with Crippen molar-refractivity contribution in [3.05, 3.63) is 47.3 Å². The van der Waals surface area contributed by atoms with Gasteiger partial charge in [0.2, 0.25) is 5.75 Å². The number of aromatic nitrogens is 1. The van der Waals surface area contributed by atoms with Crippen LogP contribution in [-0.4, -0.2) is 37.8 Å². The quantitative estimate of drug-likeness (QED) is 0.461. The van der Waals surface area contributed by atoms with Gasteiger partial charge < -0.3 is 18.9 Å². The lowest BCUT2D eigenvalue weighted by Crippen LogP contribution is -2.13. The molecule has 0 fully saturated rings. The van der Waals surface area contributed by atoms with Crippen molar-refractivity contribution in [1.29, 1.82) is 0 Å². The van der Waals surface area contributed by atoms with Crippen LogP contribution in [0, 0.1) is 0 Å². The van der Waals surface area contributed by atoms with Gasteiger partial charge in [-0.15, -0.1) is 11.3 Å². The molecule has 3 rings (SSSR count). The summed E-state index contributed by atoms with van der Waals surface area (Å²) in [7, 11) is 1.63. The SMILES string of the molecule is CCOc1cc(C(=O)Nc2nc(-c3ccc(OC)cc3)cs2)cc(OCC)c1OCC. The first-order valence-electron chi connectivity index (χ1n) is 10.1. The summed E-state index contributed by atoms with van der Waals surface area (Å²) >= 11 is 1.36. The van der Waals surface area contributed by atoms with Crippen molar-refractivity contribution < 1.29 is 23.7 Å². The number of ether oxygens (including phenoxy) is 4. The topological polar surface area (TPSA) is 78.9 Å². The van der Waals surface area contributed by atoms with E-state index in [0.29, 0.717) is 47.8 Å². The van der Waals surface area contributed by atoms with Gasteiger partial charge in [0.05, 0.1) is 32.6 Å². The highest BCUT2D eigenvalue weighted by Gasteiger charge is 2.19. The van der Waals surface area contributed by atoms with Crippen LogP contribution in [0.25, 0.3) is 11.3 Å². The number of thiazole rings is 1. The lowest BCUT2D eigenvalue weighted by molar-refractivity contribution is 0.102. The molecule has 0 aliphatic carbocycles. The van der Waals surface area contributed by atoms with Crippen molar-refractivity contribution in [3.8, 4) is 34.3 Å². The smallest absolute Gasteiger partial charge is 0.257 e. The molecule has 0 aliphatic rings. The minimum absolute atomic E-state index is 0.305. The zero-order valence-corrected chi connectivity index (χ0v) is 18.9. The van der Waals surface area contributed by atoms with Crippen molar-refractivity contribution in [1.82, 2.24) is 4.98 Å². The Bertz CT molecular complexity index is 990. The Morgan fingerprint density at radius 1 is 0.968 bits per heavy atom. The van der Waals surface area contributed by atoms with E-state index in [2.05, 4.69) is 10.3 Å². The van der Waals surface area contributed by atoms with Crippen LogP contribution >= 0.6 is 11.3 Å². The molecular weight excluding hydrogens is 416 g/mol. The van der Waals surface area contributed by atoms with Crippen LogP contribution in [0.2, 0.25) is 0 Å². The maximum Gasteiger partial charge on any atom is 0.257 e. The average molecular weight is 443 g/mol. The fourth-order valence-electron chi connectivity index (χ4n) is 2.91. The molecule has 0 spiro atoms. The molecule has 0 bridgehead atoms. The molecule has 2 aromatic carbocycles. The van der Waals surface area contributed by atoms with E-state index in [0.717, 1.165) is 17.0 Å². The van der Waals surface area contributed by atoms with Crippen molar-refractivity contribution >= 4 is 22.4 Å². The molecular formula is C23H26N2O5S. The summed E-state index contributed by atoms with van der Waals surface area (Å²) in [6, 6.07) is 10.9. The van der Waals surface area contributed by atoms with Gasteiger partial charge in [-0.2, -0.15) is 0 Å². The minimum atomic E-state index is -0.305. The van der Waals surface area contributed by atoms with Gasteiger partial charge in [-0.05, 0) is 57.2 Å². The number of hydrogen-bond acceptors (Lipinski definition) is 7. The summed E-state index contributed by atoms with van der Waals surface area (Å²) in [6.45, 7) is 6.97. The van der Waals surface area contributed by atoms with E-state index < -0.39 is 0 Å². The van der Waals surface area contributed by atoms with Crippen LogP contribution in [0.1, 0.15) is 31.1 Å². The standard InChI is InChI=1S/C23H26N2O5S/c1-5-28-19-12-16(13-20(29-6-2)21(19)30-7-3)22(26)25-23-24-18(14-31-23)15-8-10-17(27-4)11-9-15/h8-14H,5-7H2,1-4H3,(H,24,25,26). The molecule has 1 heterocycles. The van der Waals surface area contributed by atoms with Crippen LogP contribution in [0.3, 0.4) is 0 Å². The Hall–Kier alpha value is -3.26. The Kier molecular flexibility index (Phi) is 7.72. The van der Waals surface area contributed by atoms with E-state index in [1.807, 2.05) is 50.4 Å². The normalized spacial score (nSPS) is 10.5. The predicted octanol–water partition coefficient (Wildman–Crippen LogP) is 5.27. The third-order valence-electron chi connectivity index (χ3n) is 4.28. The second-order valence-electron chi connectivity index (χ2n) is 6.32. The van der Waals surface area contributed by atoms with Crippen LogP contribution in [-0.2, 0) is 0 Å². The second kappa shape index (κ2) is 10.7. The Morgan fingerprint density at radius 3 is 2.13 bits per heavy atom. The highest BCUT2D eigenvalue weighted by molar-refractivity contribution is 7.14. The first kappa shape index (κ1) is 22.4. The van der Waals surface area contributed by atoms with Gasteiger partial charge in [-0.1, -0.05) is 0 Å².